The second kappa shape index (κ2) is 4.84. The number of hydrogen-bond acceptors (Lipinski definition) is 1. The molecule has 15 heavy (non-hydrogen) atoms. The van der Waals surface area contributed by atoms with E-state index >= 15 is 0 Å². The van der Waals surface area contributed by atoms with E-state index in [9.17, 15) is 13.2 Å². The largest absolute Gasteiger partial charge is 0.390 e. The molecule has 2 N–H and O–H groups in total. The molecule has 84 valence electrons. The summed E-state index contributed by atoms with van der Waals surface area (Å²) in [6, 6.07) is 3.80. The summed E-state index contributed by atoms with van der Waals surface area (Å²) < 4.78 is 37.7. The second-order valence-electron chi connectivity index (χ2n) is 3.10. The molecule has 0 spiro atoms. The maximum Gasteiger partial charge on any atom is 0.390 e. The van der Waals surface area contributed by atoms with Crippen molar-refractivity contribution < 1.29 is 13.2 Å². The number of benzene rings is 1. The van der Waals surface area contributed by atoms with Gasteiger partial charge in [-0.25, -0.2) is 0 Å². The molecule has 0 saturated heterocycles. The minimum Gasteiger partial charge on any atom is -0.324 e. The predicted octanol–water partition coefficient (Wildman–Crippen LogP) is 4.16. The smallest absolute Gasteiger partial charge is 0.324 e. The van der Waals surface area contributed by atoms with Crippen molar-refractivity contribution in [1.82, 2.24) is 0 Å². The van der Waals surface area contributed by atoms with Crippen LogP contribution in [-0.4, -0.2) is 6.18 Å². The van der Waals surface area contributed by atoms with Crippen LogP contribution < -0.4 is 5.73 Å². The lowest BCUT2D eigenvalue weighted by Crippen LogP contribution is -2.20. The molecule has 0 fully saturated rings. The first kappa shape index (κ1) is 13.0. The fraction of sp³-hybridized carbons (Fsp3) is 0.333. The first-order valence-corrected chi connectivity index (χ1v) is 5.65. The molecule has 0 aliphatic carbocycles. The Bertz CT molecular complexity index is 352. The molecule has 1 rings (SSSR count). The van der Waals surface area contributed by atoms with E-state index in [-0.39, 0.29) is 0 Å². The van der Waals surface area contributed by atoms with Gasteiger partial charge < -0.3 is 5.73 Å². The lowest BCUT2D eigenvalue weighted by Gasteiger charge is -2.14. The third kappa shape index (κ3) is 4.12. The molecule has 0 radical (unpaired) electrons. The van der Waals surface area contributed by atoms with Crippen LogP contribution in [0.2, 0.25) is 0 Å². The average Bonchev–Trinajstić information content (AvgIpc) is 2.06. The summed E-state index contributed by atoms with van der Waals surface area (Å²) in [6.07, 6.45) is -5.25. The molecular weight excluding hydrogens is 339 g/mol. The highest BCUT2D eigenvalue weighted by atomic mass is 79.9. The van der Waals surface area contributed by atoms with Crippen LogP contribution in [0.3, 0.4) is 0 Å². The Morgan fingerprint density at radius 1 is 1.20 bits per heavy atom. The van der Waals surface area contributed by atoms with E-state index in [4.69, 9.17) is 5.73 Å². The van der Waals surface area contributed by atoms with Crippen LogP contribution in [0.1, 0.15) is 18.0 Å². The zero-order valence-electron chi connectivity index (χ0n) is 7.48. The molecule has 1 nitrogen and oxygen atoms in total. The van der Waals surface area contributed by atoms with E-state index in [0.717, 1.165) is 4.47 Å². The zero-order chi connectivity index (χ0) is 11.6. The summed E-state index contributed by atoms with van der Waals surface area (Å²) in [5.74, 6) is 0. The number of rotatable bonds is 2. The van der Waals surface area contributed by atoms with Gasteiger partial charge in [-0.05, 0) is 49.6 Å². The van der Waals surface area contributed by atoms with Gasteiger partial charge >= 0.3 is 6.18 Å². The topological polar surface area (TPSA) is 26.0 Å². The minimum atomic E-state index is -4.24. The van der Waals surface area contributed by atoms with Gasteiger partial charge in [-0.2, -0.15) is 13.2 Å². The Labute approximate surface area is 102 Å². The maximum absolute atomic E-state index is 12.1. The summed E-state index contributed by atoms with van der Waals surface area (Å²) in [7, 11) is 0. The number of nitrogens with two attached hydrogens (primary N) is 1. The Morgan fingerprint density at radius 2 is 1.80 bits per heavy atom. The maximum atomic E-state index is 12.1. The van der Waals surface area contributed by atoms with Crippen molar-refractivity contribution in [3.05, 3.63) is 32.7 Å². The summed E-state index contributed by atoms with van der Waals surface area (Å²) in [5.41, 5.74) is 5.90. The van der Waals surface area contributed by atoms with Gasteiger partial charge in [0.15, 0.2) is 0 Å². The molecule has 0 saturated carbocycles. The van der Waals surface area contributed by atoms with E-state index < -0.39 is 18.6 Å². The molecule has 0 bridgehead atoms. The number of alkyl halides is 3. The molecule has 1 aromatic carbocycles. The molecule has 0 aliphatic heterocycles. The average molecular weight is 347 g/mol. The van der Waals surface area contributed by atoms with Crippen molar-refractivity contribution >= 4 is 31.9 Å². The van der Waals surface area contributed by atoms with Crippen molar-refractivity contribution in [1.29, 1.82) is 0 Å². The third-order valence-electron chi connectivity index (χ3n) is 1.82. The molecule has 0 amide bonds. The Balaban J connectivity index is 2.83. The molecule has 0 heterocycles. The van der Waals surface area contributed by atoms with Gasteiger partial charge in [-0.1, -0.05) is 6.07 Å². The quantitative estimate of drug-likeness (QED) is 0.854. The van der Waals surface area contributed by atoms with Gasteiger partial charge in [0.1, 0.15) is 0 Å². The predicted molar refractivity (Wildman–Crippen MR) is 59.4 cm³/mol. The highest BCUT2D eigenvalue weighted by Gasteiger charge is 2.30. The molecular formula is C9H8Br2F3N. The van der Waals surface area contributed by atoms with Gasteiger partial charge in [-0.15, -0.1) is 0 Å². The number of halogens is 5. The van der Waals surface area contributed by atoms with Crippen LogP contribution in [0.25, 0.3) is 0 Å². The van der Waals surface area contributed by atoms with Crippen LogP contribution in [0.15, 0.2) is 27.1 Å². The monoisotopic (exact) mass is 345 g/mol. The van der Waals surface area contributed by atoms with E-state index in [2.05, 4.69) is 31.9 Å². The van der Waals surface area contributed by atoms with E-state index in [1.165, 1.54) is 0 Å². The Morgan fingerprint density at radius 3 is 2.27 bits per heavy atom. The molecule has 6 heteroatoms. The normalized spacial score (nSPS) is 14.0. The zero-order valence-corrected chi connectivity index (χ0v) is 10.7. The summed E-state index contributed by atoms with van der Waals surface area (Å²) in [4.78, 5) is 0. The van der Waals surface area contributed by atoms with E-state index in [0.29, 0.717) is 10.0 Å². The van der Waals surface area contributed by atoms with Crippen molar-refractivity contribution in [3.8, 4) is 0 Å². The molecule has 0 aromatic heterocycles. The van der Waals surface area contributed by atoms with Crippen molar-refractivity contribution in [2.75, 3.05) is 0 Å². The van der Waals surface area contributed by atoms with Crippen molar-refractivity contribution in [2.45, 2.75) is 18.6 Å². The second-order valence-corrected chi connectivity index (χ2v) is 4.81. The first-order valence-electron chi connectivity index (χ1n) is 4.07. The standard InChI is InChI=1S/C9H8Br2F3N/c10-6-2-1-5(3-7(6)11)8(15)4-9(12,13)14/h1-3,8H,4,15H2. The highest BCUT2D eigenvalue weighted by molar-refractivity contribution is 9.13. The Kier molecular flexibility index (Phi) is 4.20. The third-order valence-corrected chi connectivity index (χ3v) is 3.70. The van der Waals surface area contributed by atoms with Crippen LogP contribution in [0, 0.1) is 0 Å². The molecule has 1 unspecified atom stereocenters. The molecule has 0 aliphatic rings. The lowest BCUT2D eigenvalue weighted by molar-refractivity contribution is -0.138. The first-order chi connectivity index (χ1) is 6.79. The van der Waals surface area contributed by atoms with Crippen LogP contribution in [0.4, 0.5) is 13.2 Å². The van der Waals surface area contributed by atoms with Gasteiger partial charge in [0.05, 0.1) is 6.42 Å². The minimum absolute atomic E-state index is 0.461. The Hall–Kier alpha value is -0.0700. The molecule has 1 atom stereocenters. The van der Waals surface area contributed by atoms with Gasteiger partial charge in [0.2, 0.25) is 0 Å². The van der Waals surface area contributed by atoms with Gasteiger partial charge in [-0.3, -0.25) is 0 Å². The lowest BCUT2D eigenvalue weighted by atomic mass is 10.1. The summed E-state index contributed by atoms with van der Waals surface area (Å²) in [5, 5.41) is 0. The highest BCUT2D eigenvalue weighted by Crippen LogP contribution is 2.31. The van der Waals surface area contributed by atoms with Crippen LogP contribution >= 0.6 is 31.9 Å². The van der Waals surface area contributed by atoms with Gasteiger partial charge in [0, 0.05) is 15.0 Å². The fourth-order valence-electron chi connectivity index (χ4n) is 1.11. The van der Waals surface area contributed by atoms with Crippen molar-refractivity contribution in [2.24, 2.45) is 5.73 Å². The van der Waals surface area contributed by atoms with Gasteiger partial charge in [0.25, 0.3) is 0 Å². The molecule has 1 aromatic rings. The SMILES string of the molecule is NC(CC(F)(F)F)c1ccc(Br)c(Br)c1. The van der Waals surface area contributed by atoms with Crippen molar-refractivity contribution in [3.63, 3.8) is 0 Å². The van der Waals surface area contributed by atoms with Crippen LogP contribution in [0.5, 0.6) is 0 Å². The van der Waals surface area contributed by atoms with E-state index in [1.807, 2.05) is 0 Å². The number of hydrogen-bond donors (Lipinski definition) is 1. The van der Waals surface area contributed by atoms with E-state index in [1.54, 1.807) is 18.2 Å². The fourth-order valence-corrected chi connectivity index (χ4v) is 1.75. The summed E-state index contributed by atoms with van der Waals surface area (Å²) in [6.45, 7) is 0. The van der Waals surface area contributed by atoms with Crippen LogP contribution in [-0.2, 0) is 0 Å². The summed E-state index contributed by atoms with van der Waals surface area (Å²) >= 11 is 6.44.